The molecule has 2 aliphatic rings. The van der Waals surface area contributed by atoms with Crippen LogP contribution in [0.5, 0.6) is 0 Å². The fourth-order valence-corrected chi connectivity index (χ4v) is 2.56. The molecule has 0 spiro atoms. The molecule has 0 aromatic carbocycles. The van der Waals surface area contributed by atoms with Gasteiger partial charge in [-0.1, -0.05) is 24.3 Å². The van der Waals surface area contributed by atoms with Crippen LogP contribution in [0.15, 0.2) is 36.6 Å². The zero-order chi connectivity index (χ0) is 10.7. The highest BCUT2D eigenvalue weighted by Gasteiger charge is 2.55. The Balaban J connectivity index is 2.10. The third-order valence-electron chi connectivity index (χ3n) is 3.61. The van der Waals surface area contributed by atoms with Gasteiger partial charge in [0, 0.05) is 12.0 Å². The van der Waals surface area contributed by atoms with Gasteiger partial charge in [0.2, 0.25) is 0 Å². The zero-order valence-corrected chi connectivity index (χ0v) is 9.10. The van der Waals surface area contributed by atoms with E-state index in [2.05, 4.69) is 30.4 Å². The normalized spacial score (nSPS) is 38.5. The molecule has 3 atom stereocenters. The summed E-state index contributed by atoms with van der Waals surface area (Å²) in [6, 6.07) is 0. The second-order valence-electron chi connectivity index (χ2n) is 4.39. The van der Waals surface area contributed by atoms with Crippen molar-refractivity contribution >= 4 is 0 Å². The van der Waals surface area contributed by atoms with E-state index >= 15 is 0 Å². The number of ether oxygens (including phenoxy) is 1. The summed E-state index contributed by atoms with van der Waals surface area (Å²) in [7, 11) is 1.66. The Morgan fingerprint density at radius 2 is 2.40 bits per heavy atom. The van der Waals surface area contributed by atoms with Gasteiger partial charge in [-0.25, -0.2) is 0 Å². The molecule has 1 fully saturated rings. The van der Waals surface area contributed by atoms with Crippen LogP contribution in [-0.4, -0.2) is 18.8 Å². The van der Waals surface area contributed by atoms with Crippen LogP contribution in [0.1, 0.15) is 12.8 Å². The molecule has 0 aliphatic heterocycles. The van der Waals surface area contributed by atoms with Crippen LogP contribution in [0.25, 0.3) is 0 Å². The van der Waals surface area contributed by atoms with E-state index in [-0.39, 0.29) is 12.0 Å². The first kappa shape index (κ1) is 10.5. The number of hydrogen-bond donors (Lipinski definition) is 1. The highest BCUT2D eigenvalue weighted by molar-refractivity contribution is 5.24. The molecule has 2 nitrogen and oxygen atoms in total. The summed E-state index contributed by atoms with van der Waals surface area (Å²) in [5.41, 5.74) is 0.145. The lowest BCUT2D eigenvalue weighted by Gasteiger charge is -2.22. The summed E-state index contributed by atoms with van der Waals surface area (Å²) in [6.45, 7) is 0.280. The minimum atomic E-state index is 0.145. The highest BCUT2D eigenvalue weighted by Crippen LogP contribution is 2.60. The number of aliphatic hydroxyl groups is 1. The fourth-order valence-electron chi connectivity index (χ4n) is 2.56. The summed E-state index contributed by atoms with van der Waals surface area (Å²) < 4.78 is 5.00. The van der Waals surface area contributed by atoms with Crippen LogP contribution in [0, 0.1) is 17.3 Å². The van der Waals surface area contributed by atoms with Crippen LogP contribution < -0.4 is 0 Å². The largest absolute Gasteiger partial charge is 0.505 e. The van der Waals surface area contributed by atoms with Crippen LogP contribution in [-0.2, 0) is 4.74 Å². The van der Waals surface area contributed by atoms with Crippen LogP contribution in [0.3, 0.4) is 0 Å². The minimum absolute atomic E-state index is 0.145. The highest BCUT2D eigenvalue weighted by atomic mass is 16.5. The average molecular weight is 206 g/mol. The van der Waals surface area contributed by atoms with Gasteiger partial charge in [-0.05, 0) is 30.8 Å². The molecule has 2 heteroatoms. The third kappa shape index (κ3) is 1.86. The van der Waals surface area contributed by atoms with E-state index in [4.69, 9.17) is 4.74 Å². The van der Waals surface area contributed by atoms with E-state index in [9.17, 15) is 5.11 Å². The molecule has 0 saturated heterocycles. The molecule has 15 heavy (non-hydrogen) atoms. The number of hydrogen-bond acceptors (Lipinski definition) is 2. The molecule has 0 aromatic heterocycles. The van der Waals surface area contributed by atoms with Gasteiger partial charge in [-0.2, -0.15) is 0 Å². The molecular weight excluding hydrogens is 188 g/mol. The molecule has 2 aliphatic carbocycles. The van der Waals surface area contributed by atoms with E-state index in [0.29, 0.717) is 11.8 Å². The predicted octanol–water partition coefficient (Wildman–Crippen LogP) is 2.28. The standard InChI is InChI=1S/C13H18O2/c1-15-8-7-13(9-12(13)10-14)11-5-3-2-4-6-11/h2-5,7-8,11-12,14H,6,9-10H2,1H3/t11?,12-,13-/m0/s1. The number of allylic oxidation sites excluding steroid dienone is 5. The van der Waals surface area contributed by atoms with Gasteiger partial charge < -0.3 is 9.84 Å². The second kappa shape index (κ2) is 4.23. The molecule has 0 radical (unpaired) electrons. The van der Waals surface area contributed by atoms with E-state index in [0.717, 1.165) is 12.8 Å². The zero-order valence-electron chi connectivity index (χ0n) is 9.10. The summed E-state index contributed by atoms with van der Waals surface area (Å²) in [5, 5.41) is 9.25. The monoisotopic (exact) mass is 206 g/mol. The van der Waals surface area contributed by atoms with Gasteiger partial charge in [0.1, 0.15) is 0 Å². The van der Waals surface area contributed by atoms with Crippen LogP contribution in [0.4, 0.5) is 0 Å². The maximum absolute atomic E-state index is 9.25. The molecule has 1 N–H and O–H groups in total. The van der Waals surface area contributed by atoms with Gasteiger partial charge in [-0.3, -0.25) is 0 Å². The maximum Gasteiger partial charge on any atom is 0.0790 e. The summed E-state index contributed by atoms with van der Waals surface area (Å²) in [4.78, 5) is 0. The van der Waals surface area contributed by atoms with E-state index in [1.54, 1.807) is 13.4 Å². The summed E-state index contributed by atoms with van der Waals surface area (Å²) in [6.07, 6.45) is 14.6. The maximum atomic E-state index is 9.25. The van der Waals surface area contributed by atoms with Crippen molar-refractivity contribution in [2.45, 2.75) is 12.8 Å². The minimum Gasteiger partial charge on any atom is -0.505 e. The van der Waals surface area contributed by atoms with Gasteiger partial charge in [0.25, 0.3) is 0 Å². The lowest BCUT2D eigenvalue weighted by atomic mass is 9.82. The SMILES string of the molecule is COC=C[C@@]1(C2C=CC=CC2)C[C@H]1CO. The van der Waals surface area contributed by atoms with Crippen molar-refractivity contribution in [3.05, 3.63) is 36.6 Å². The number of aliphatic hydroxyl groups excluding tert-OH is 1. The smallest absolute Gasteiger partial charge is 0.0790 e. The summed E-state index contributed by atoms with van der Waals surface area (Å²) >= 11 is 0. The van der Waals surface area contributed by atoms with Gasteiger partial charge >= 0.3 is 0 Å². The van der Waals surface area contributed by atoms with Crippen molar-refractivity contribution in [3.8, 4) is 0 Å². The Kier molecular flexibility index (Phi) is 2.96. The fraction of sp³-hybridized carbons (Fsp3) is 0.538. The van der Waals surface area contributed by atoms with Crippen molar-refractivity contribution in [2.24, 2.45) is 17.3 Å². The average Bonchev–Trinajstić information content (AvgIpc) is 3.03. The second-order valence-corrected chi connectivity index (χ2v) is 4.39. The lowest BCUT2D eigenvalue weighted by molar-refractivity contribution is 0.243. The molecule has 1 unspecified atom stereocenters. The first-order chi connectivity index (χ1) is 7.33. The number of methoxy groups -OCH3 is 1. The first-order valence-corrected chi connectivity index (χ1v) is 5.48. The Morgan fingerprint density at radius 1 is 1.53 bits per heavy atom. The Bertz CT molecular complexity index is 304. The van der Waals surface area contributed by atoms with Crippen molar-refractivity contribution in [3.63, 3.8) is 0 Å². The first-order valence-electron chi connectivity index (χ1n) is 5.48. The van der Waals surface area contributed by atoms with Crippen molar-refractivity contribution in [2.75, 3.05) is 13.7 Å². The summed E-state index contributed by atoms with van der Waals surface area (Å²) in [5.74, 6) is 0.927. The molecule has 0 heterocycles. The van der Waals surface area contributed by atoms with Crippen molar-refractivity contribution < 1.29 is 9.84 Å². The van der Waals surface area contributed by atoms with E-state index < -0.39 is 0 Å². The molecular formula is C13H18O2. The molecule has 82 valence electrons. The quantitative estimate of drug-likeness (QED) is 0.715. The van der Waals surface area contributed by atoms with Crippen LogP contribution in [0.2, 0.25) is 0 Å². The van der Waals surface area contributed by atoms with Crippen molar-refractivity contribution in [1.82, 2.24) is 0 Å². The Morgan fingerprint density at radius 3 is 2.93 bits per heavy atom. The molecule has 1 saturated carbocycles. The van der Waals surface area contributed by atoms with Crippen molar-refractivity contribution in [1.29, 1.82) is 0 Å². The molecule has 0 bridgehead atoms. The Hall–Kier alpha value is -1.02. The van der Waals surface area contributed by atoms with Crippen LogP contribution >= 0.6 is 0 Å². The van der Waals surface area contributed by atoms with E-state index in [1.165, 1.54) is 0 Å². The third-order valence-corrected chi connectivity index (χ3v) is 3.61. The van der Waals surface area contributed by atoms with E-state index in [1.807, 2.05) is 0 Å². The topological polar surface area (TPSA) is 29.5 Å². The Labute approximate surface area is 90.9 Å². The number of rotatable bonds is 4. The van der Waals surface area contributed by atoms with Gasteiger partial charge in [0.15, 0.2) is 0 Å². The molecule has 0 aromatic rings. The lowest BCUT2D eigenvalue weighted by Crippen LogP contribution is -2.16. The van der Waals surface area contributed by atoms with Gasteiger partial charge in [0.05, 0.1) is 13.4 Å². The van der Waals surface area contributed by atoms with Gasteiger partial charge in [-0.15, -0.1) is 0 Å². The molecule has 0 amide bonds. The molecule has 2 rings (SSSR count). The predicted molar refractivity (Wildman–Crippen MR) is 60.2 cm³/mol.